The van der Waals surface area contributed by atoms with Gasteiger partial charge in [0.2, 0.25) is 11.7 Å². The molecule has 2 aliphatic rings. The van der Waals surface area contributed by atoms with Crippen LogP contribution in [0.4, 0.5) is 0 Å². The predicted octanol–water partition coefficient (Wildman–Crippen LogP) is 1.10. The molecule has 1 saturated heterocycles. The van der Waals surface area contributed by atoms with Crippen molar-refractivity contribution in [1.29, 1.82) is 0 Å². The van der Waals surface area contributed by atoms with Gasteiger partial charge in [0.1, 0.15) is 5.60 Å². The van der Waals surface area contributed by atoms with E-state index in [1.54, 1.807) is 0 Å². The lowest BCUT2D eigenvalue weighted by Gasteiger charge is -2.33. The van der Waals surface area contributed by atoms with Crippen molar-refractivity contribution in [2.24, 2.45) is 5.73 Å². The van der Waals surface area contributed by atoms with Gasteiger partial charge in [-0.2, -0.15) is 4.98 Å². The van der Waals surface area contributed by atoms with E-state index in [0.29, 0.717) is 38.1 Å². The Balaban J connectivity index is 1.86. The number of ether oxygens (including phenoxy) is 2. The fourth-order valence-electron chi connectivity index (χ4n) is 2.69. The molecule has 2 N–H and O–H groups in total. The highest BCUT2D eigenvalue weighted by molar-refractivity contribution is 5.17. The molecular weight excluding hydrogens is 246 g/mol. The Kier molecular flexibility index (Phi) is 3.32. The van der Waals surface area contributed by atoms with Crippen molar-refractivity contribution < 1.29 is 14.0 Å². The quantitative estimate of drug-likeness (QED) is 0.860. The van der Waals surface area contributed by atoms with Crippen molar-refractivity contribution in [3.05, 3.63) is 11.7 Å². The van der Waals surface area contributed by atoms with Crippen molar-refractivity contribution in [1.82, 2.24) is 10.1 Å². The van der Waals surface area contributed by atoms with Crippen LogP contribution < -0.4 is 5.73 Å². The third-order valence-corrected chi connectivity index (χ3v) is 4.25. The summed E-state index contributed by atoms with van der Waals surface area (Å²) in [5.74, 6) is 1.34. The number of nitrogens with two attached hydrogens (primary N) is 1. The van der Waals surface area contributed by atoms with Crippen molar-refractivity contribution in [2.45, 2.75) is 43.6 Å². The van der Waals surface area contributed by atoms with Crippen molar-refractivity contribution in [3.63, 3.8) is 0 Å². The normalized spacial score (nSPS) is 24.3. The van der Waals surface area contributed by atoms with Gasteiger partial charge in [0.25, 0.3) is 0 Å². The summed E-state index contributed by atoms with van der Waals surface area (Å²) in [6.45, 7) is 4.53. The summed E-state index contributed by atoms with van der Waals surface area (Å²) in [4.78, 5) is 4.59. The van der Waals surface area contributed by atoms with Crippen LogP contribution in [0.5, 0.6) is 0 Å². The van der Waals surface area contributed by atoms with Gasteiger partial charge >= 0.3 is 0 Å². The van der Waals surface area contributed by atoms with Crippen LogP contribution in [-0.2, 0) is 20.5 Å². The lowest BCUT2D eigenvalue weighted by atomic mass is 9.93. The molecule has 6 nitrogen and oxygen atoms in total. The molecule has 1 aliphatic heterocycles. The van der Waals surface area contributed by atoms with Gasteiger partial charge in [0.05, 0.1) is 5.41 Å². The van der Waals surface area contributed by atoms with Crippen LogP contribution in [0.2, 0.25) is 0 Å². The zero-order chi connectivity index (χ0) is 13.3. The fourth-order valence-corrected chi connectivity index (χ4v) is 2.69. The molecule has 2 fully saturated rings. The average molecular weight is 267 g/mol. The summed E-state index contributed by atoms with van der Waals surface area (Å²) in [7, 11) is 0. The Morgan fingerprint density at radius 1 is 1.26 bits per heavy atom. The topological polar surface area (TPSA) is 83.4 Å². The van der Waals surface area contributed by atoms with Gasteiger partial charge in [-0.1, -0.05) is 5.16 Å². The highest BCUT2D eigenvalue weighted by Crippen LogP contribution is 2.47. The molecule has 0 spiro atoms. The van der Waals surface area contributed by atoms with E-state index in [1.807, 2.05) is 6.92 Å². The summed E-state index contributed by atoms with van der Waals surface area (Å²) >= 11 is 0. The molecule has 1 aromatic heterocycles. The molecule has 2 heterocycles. The molecular formula is C13H21N3O3. The predicted molar refractivity (Wildman–Crippen MR) is 67.6 cm³/mol. The van der Waals surface area contributed by atoms with E-state index in [-0.39, 0.29) is 5.41 Å². The lowest BCUT2D eigenvalue weighted by molar-refractivity contribution is -0.118. The summed E-state index contributed by atoms with van der Waals surface area (Å²) in [6.07, 6.45) is 3.62. The van der Waals surface area contributed by atoms with E-state index in [4.69, 9.17) is 19.7 Å². The molecule has 6 heteroatoms. The minimum atomic E-state index is -0.445. The molecule has 0 aromatic carbocycles. The van der Waals surface area contributed by atoms with Crippen LogP contribution >= 0.6 is 0 Å². The third-order valence-electron chi connectivity index (χ3n) is 4.25. The minimum absolute atomic E-state index is 0.0657. The van der Waals surface area contributed by atoms with Crippen LogP contribution in [0.25, 0.3) is 0 Å². The lowest BCUT2D eigenvalue weighted by Crippen LogP contribution is -2.37. The van der Waals surface area contributed by atoms with Gasteiger partial charge in [-0.25, -0.2) is 0 Å². The maximum atomic E-state index is 5.94. The first-order valence-electron chi connectivity index (χ1n) is 7.01. The molecule has 1 aromatic rings. The fraction of sp³-hybridized carbons (Fsp3) is 0.846. The van der Waals surface area contributed by atoms with Gasteiger partial charge in [-0.05, 0) is 19.8 Å². The standard InChI is InChI=1S/C13H21N3O3/c1-2-18-13(5-7-17-8-6-13)10-15-11(19-16-10)12(9-14)3-4-12/h2-9,14H2,1H3. The van der Waals surface area contributed by atoms with E-state index in [1.165, 1.54) is 0 Å². The smallest absolute Gasteiger partial charge is 0.234 e. The monoisotopic (exact) mass is 267 g/mol. The molecule has 106 valence electrons. The van der Waals surface area contributed by atoms with Crippen molar-refractivity contribution >= 4 is 0 Å². The van der Waals surface area contributed by atoms with E-state index in [9.17, 15) is 0 Å². The Hall–Kier alpha value is -0.980. The second-order valence-corrected chi connectivity index (χ2v) is 5.45. The van der Waals surface area contributed by atoms with Crippen LogP contribution in [-0.4, -0.2) is 36.5 Å². The van der Waals surface area contributed by atoms with Gasteiger partial charge in [0, 0.05) is 39.2 Å². The molecule has 0 radical (unpaired) electrons. The minimum Gasteiger partial charge on any atom is -0.381 e. The number of hydrogen-bond acceptors (Lipinski definition) is 6. The van der Waals surface area contributed by atoms with E-state index < -0.39 is 5.60 Å². The maximum Gasteiger partial charge on any atom is 0.234 e. The van der Waals surface area contributed by atoms with E-state index in [0.717, 1.165) is 25.7 Å². The number of nitrogens with zero attached hydrogens (tertiary/aromatic N) is 2. The molecule has 0 amide bonds. The molecule has 3 rings (SSSR count). The first kappa shape index (κ1) is 13.0. The molecule has 0 bridgehead atoms. The summed E-state index contributed by atoms with van der Waals surface area (Å²) in [5.41, 5.74) is 5.29. The van der Waals surface area contributed by atoms with Crippen molar-refractivity contribution in [3.8, 4) is 0 Å². The van der Waals surface area contributed by atoms with Gasteiger partial charge in [0.15, 0.2) is 0 Å². The van der Waals surface area contributed by atoms with E-state index >= 15 is 0 Å². The Bertz CT molecular complexity index is 431. The van der Waals surface area contributed by atoms with Gasteiger partial charge in [-0.3, -0.25) is 0 Å². The maximum absolute atomic E-state index is 5.94. The highest BCUT2D eigenvalue weighted by atomic mass is 16.5. The van der Waals surface area contributed by atoms with Crippen LogP contribution in [0.1, 0.15) is 44.3 Å². The van der Waals surface area contributed by atoms with Gasteiger partial charge < -0.3 is 19.7 Å². The van der Waals surface area contributed by atoms with Crippen LogP contribution in [0, 0.1) is 0 Å². The number of aromatic nitrogens is 2. The van der Waals surface area contributed by atoms with Crippen molar-refractivity contribution in [2.75, 3.05) is 26.4 Å². The molecule has 1 aliphatic carbocycles. The third kappa shape index (κ3) is 2.17. The molecule has 1 saturated carbocycles. The largest absolute Gasteiger partial charge is 0.381 e. The first-order chi connectivity index (χ1) is 9.25. The summed E-state index contributed by atoms with van der Waals surface area (Å²) in [5, 5.41) is 4.16. The van der Waals surface area contributed by atoms with Crippen LogP contribution in [0.15, 0.2) is 4.52 Å². The van der Waals surface area contributed by atoms with Crippen LogP contribution in [0.3, 0.4) is 0 Å². The van der Waals surface area contributed by atoms with Gasteiger partial charge in [-0.15, -0.1) is 0 Å². The Morgan fingerprint density at radius 3 is 2.58 bits per heavy atom. The average Bonchev–Trinajstić information content (AvgIpc) is 3.08. The summed E-state index contributed by atoms with van der Waals surface area (Å²) < 4.78 is 16.8. The second-order valence-electron chi connectivity index (χ2n) is 5.45. The first-order valence-corrected chi connectivity index (χ1v) is 7.01. The summed E-state index contributed by atoms with van der Waals surface area (Å²) in [6, 6.07) is 0. The Morgan fingerprint density at radius 2 is 2.00 bits per heavy atom. The molecule has 19 heavy (non-hydrogen) atoms. The second kappa shape index (κ2) is 4.85. The molecule has 0 atom stereocenters. The Labute approximate surface area is 112 Å². The zero-order valence-corrected chi connectivity index (χ0v) is 11.4. The SMILES string of the molecule is CCOC1(c2noc(C3(CN)CC3)n2)CCOCC1. The molecule has 0 unspecified atom stereocenters. The zero-order valence-electron chi connectivity index (χ0n) is 11.4. The van der Waals surface area contributed by atoms with E-state index in [2.05, 4.69) is 10.1 Å². The highest BCUT2D eigenvalue weighted by Gasteiger charge is 2.50. The number of hydrogen-bond donors (Lipinski definition) is 1. The number of rotatable bonds is 5.